The third-order valence-electron chi connectivity index (χ3n) is 4.54. The van der Waals surface area contributed by atoms with E-state index in [9.17, 15) is 9.59 Å². The maximum Gasteiger partial charge on any atom is 0.410 e. The predicted octanol–water partition coefficient (Wildman–Crippen LogP) is 5.18. The molecule has 0 saturated carbocycles. The van der Waals surface area contributed by atoms with Gasteiger partial charge >= 0.3 is 12.1 Å². The van der Waals surface area contributed by atoms with Crippen LogP contribution in [0, 0.1) is 18.3 Å². The molecule has 0 aromatic rings. The summed E-state index contributed by atoms with van der Waals surface area (Å²) in [6, 6.07) is -0.651. The number of ether oxygens (including phenoxy) is 2. The summed E-state index contributed by atoms with van der Waals surface area (Å²) in [6.07, 6.45) is 15.9. The third kappa shape index (κ3) is 12.3. The lowest BCUT2D eigenvalue weighted by Crippen LogP contribution is -2.46. The molecule has 0 rings (SSSR count). The van der Waals surface area contributed by atoms with Crippen LogP contribution in [-0.4, -0.2) is 43.3 Å². The maximum atomic E-state index is 12.4. The summed E-state index contributed by atoms with van der Waals surface area (Å²) in [5.74, 6) is 1.97. The number of carbonyl (C=O) groups excluding carboxylic acids is 2. The van der Waals surface area contributed by atoms with Crippen molar-refractivity contribution in [2.45, 2.75) is 91.0 Å². The van der Waals surface area contributed by atoms with E-state index >= 15 is 0 Å². The monoisotopic (exact) mass is 381 g/mol. The fraction of sp³-hybridized carbons (Fsp3) is 0.818. The zero-order chi connectivity index (χ0) is 20.5. The first-order valence-corrected chi connectivity index (χ1v) is 10.4. The van der Waals surface area contributed by atoms with Crippen LogP contribution in [0.1, 0.15) is 85.0 Å². The number of rotatable bonds is 15. The minimum Gasteiger partial charge on any atom is -0.464 e. The average molecular weight is 382 g/mol. The Morgan fingerprint density at radius 2 is 1.48 bits per heavy atom. The molecule has 0 aliphatic rings. The lowest BCUT2D eigenvalue weighted by Gasteiger charge is -2.28. The first-order valence-electron chi connectivity index (χ1n) is 10.4. The van der Waals surface area contributed by atoms with E-state index in [1.165, 1.54) is 49.8 Å². The van der Waals surface area contributed by atoms with Gasteiger partial charge in [0.25, 0.3) is 0 Å². The maximum absolute atomic E-state index is 12.4. The zero-order valence-corrected chi connectivity index (χ0v) is 17.8. The largest absolute Gasteiger partial charge is 0.464 e. The summed E-state index contributed by atoms with van der Waals surface area (Å²) in [6.45, 7) is 6.55. The molecule has 0 bridgehead atoms. The van der Waals surface area contributed by atoms with E-state index in [1.54, 1.807) is 7.05 Å². The van der Waals surface area contributed by atoms with Crippen LogP contribution in [-0.2, 0) is 14.3 Å². The van der Waals surface area contributed by atoms with E-state index in [1.807, 2.05) is 13.8 Å². The minimum absolute atomic E-state index is 0.0641. The Hall–Kier alpha value is -1.70. The zero-order valence-electron chi connectivity index (χ0n) is 17.8. The number of esters is 1. The minimum atomic E-state index is -0.651. The summed E-state index contributed by atoms with van der Waals surface area (Å²) in [7, 11) is 1.56. The molecule has 27 heavy (non-hydrogen) atoms. The van der Waals surface area contributed by atoms with Crippen molar-refractivity contribution in [1.82, 2.24) is 4.90 Å². The molecule has 0 heterocycles. The van der Waals surface area contributed by atoms with Gasteiger partial charge in [0, 0.05) is 13.5 Å². The quantitative estimate of drug-likeness (QED) is 0.223. The fourth-order valence-corrected chi connectivity index (χ4v) is 2.96. The summed E-state index contributed by atoms with van der Waals surface area (Å²) in [4.78, 5) is 25.7. The van der Waals surface area contributed by atoms with E-state index in [0.29, 0.717) is 13.0 Å². The topological polar surface area (TPSA) is 55.8 Å². The normalized spacial score (nSPS) is 11.7. The molecule has 0 aliphatic carbocycles. The molecule has 0 aromatic heterocycles. The Morgan fingerprint density at radius 1 is 0.926 bits per heavy atom. The molecule has 1 atom stereocenters. The van der Waals surface area contributed by atoms with Crippen molar-refractivity contribution >= 4 is 12.1 Å². The molecule has 1 amide bonds. The van der Waals surface area contributed by atoms with Gasteiger partial charge in [-0.2, -0.15) is 0 Å². The van der Waals surface area contributed by atoms with E-state index in [0.717, 1.165) is 12.8 Å². The van der Waals surface area contributed by atoms with Gasteiger partial charge in [0.1, 0.15) is 12.6 Å². The second-order valence-electron chi connectivity index (χ2n) is 7.36. The lowest BCUT2D eigenvalue weighted by atomic mass is 10.0. The number of hydrogen-bond acceptors (Lipinski definition) is 4. The first-order chi connectivity index (χ1) is 13.0. The van der Waals surface area contributed by atoms with Crippen molar-refractivity contribution in [3.8, 4) is 12.3 Å². The number of likely N-dealkylation sites (N-methyl/N-ethyl adjacent to an activating group) is 1. The molecule has 156 valence electrons. The highest BCUT2D eigenvalue weighted by atomic mass is 16.6. The third-order valence-corrected chi connectivity index (χ3v) is 4.54. The van der Waals surface area contributed by atoms with Gasteiger partial charge in [-0.25, -0.2) is 9.59 Å². The van der Waals surface area contributed by atoms with Crippen LogP contribution in [0.15, 0.2) is 0 Å². The fourth-order valence-electron chi connectivity index (χ4n) is 2.96. The van der Waals surface area contributed by atoms with Gasteiger partial charge < -0.3 is 9.47 Å². The highest BCUT2D eigenvalue weighted by Crippen LogP contribution is 2.14. The van der Waals surface area contributed by atoms with Crippen LogP contribution in [0.25, 0.3) is 0 Å². The molecule has 0 spiro atoms. The summed E-state index contributed by atoms with van der Waals surface area (Å²) in [5.41, 5.74) is 0. The Labute approximate surface area is 166 Å². The molecule has 5 heteroatoms. The Bertz CT molecular complexity index is 442. The lowest BCUT2D eigenvalue weighted by molar-refractivity contribution is -0.150. The van der Waals surface area contributed by atoms with Crippen LogP contribution in [0.3, 0.4) is 0 Å². The average Bonchev–Trinajstić information content (AvgIpc) is 2.63. The number of unbranched alkanes of at least 4 members (excludes halogenated alkanes) is 8. The van der Waals surface area contributed by atoms with Gasteiger partial charge in [0.15, 0.2) is 0 Å². The van der Waals surface area contributed by atoms with Crippen LogP contribution in [0.2, 0.25) is 0 Å². The summed E-state index contributed by atoms with van der Waals surface area (Å²) >= 11 is 0. The molecule has 0 N–H and O–H groups in total. The van der Waals surface area contributed by atoms with Crippen LogP contribution < -0.4 is 0 Å². The number of amides is 1. The molecule has 0 aromatic carbocycles. The Balaban J connectivity index is 4.05. The van der Waals surface area contributed by atoms with Crippen LogP contribution >= 0.6 is 0 Å². The first kappa shape index (κ1) is 25.3. The van der Waals surface area contributed by atoms with E-state index < -0.39 is 12.1 Å². The molecule has 1 unspecified atom stereocenters. The molecule has 5 nitrogen and oxygen atoms in total. The van der Waals surface area contributed by atoms with Crippen LogP contribution in [0.4, 0.5) is 4.79 Å². The molecule has 0 radical (unpaired) electrons. The number of terminal acetylenes is 1. The molecule has 0 fully saturated rings. The van der Waals surface area contributed by atoms with Crippen molar-refractivity contribution in [3.05, 3.63) is 0 Å². The second-order valence-corrected chi connectivity index (χ2v) is 7.36. The molecule has 0 saturated heterocycles. The highest BCUT2D eigenvalue weighted by Gasteiger charge is 2.32. The van der Waals surface area contributed by atoms with Crippen molar-refractivity contribution in [2.75, 3.05) is 20.3 Å². The molecule has 0 aliphatic heterocycles. The van der Waals surface area contributed by atoms with Gasteiger partial charge in [0.05, 0.1) is 6.61 Å². The summed E-state index contributed by atoms with van der Waals surface area (Å²) in [5, 5.41) is 0. The van der Waals surface area contributed by atoms with Gasteiger partial charge in [-0.05, 0) is 12.3 Å². The SMILES string of the molecule is C#CCCOC(=O)N(C)C(C(=O)OCCCCCCCCCCC)C(C)C. The van der Waals surface area contributed by atoms with Crippen LogP contribution in [0.5, 0.6) is 0 Å². The van der Waals surface area contributed by atoms with E-state index in [4.69, 9.17) is 15.9 Å². The van der Waals surface area contributed by atoms with Gasteiger partial charge in [0.2, 0.25) is 0 Å². The second kappa shape index (κ2) is 16.5. The number of carbonyl (C=O) groups is 2. The standard InChI is InChI=1S/C22H39NO4/c1-6-8-10-11-12-13-14-15-16-18-26-21(24)20(19(3)4)23(5)22(25)27-17-9-7-2/h2,19-20H,6,8-18H2,1,3-5H3. The molecular formula is C22H39NO4. The van der Waals surface area contributed by atoms with E-state index in [2.05, 4.69) is 12.8 Å². The molecular weight excluding hydrogens is 342 g/mol. The van der Waals surface area contributed by atoms with Gasteiger partial charge in [-0.3, -0.25) is 4.90 Å². The van der Waals surface area contributed by atoms with Crippen molar-refractivity contribution < 1.29 is 19.1 Å². The van der Waals surface area contributed by atoms with Gasteiger partial charge in [-0.15, -0.1) is 12.3 Å². The van der Waals surface area contributed by atoms with Gasteiger partial charge in [-0.1, -0.05) is 72.1 Å². The number of hydrogen-bond donors (Lipinski definition) is 0. The smallest absolute Gasteiger partial charge is 0.410 e. The Morgan fingerprint density at radius 3 is 2.00 bits per heavy atom. The van der Waals surface area contributed by atoms with Crippen molar-refractivity contribution in [2.24, 2.45) is 5.92 Å². The Kier molecular flexibility index (Phi) is 15.4. The van der Waals surface area contributed by atoms with Crippen molar-refractivity contribution in [1.29, 1.82) is 0 Å². The van der Waals surface area contributed by atoms with E-state index in [-0.39, 0.29) is 18.5 Å². The summed E-state index contributed by atoms with van der Waals surface area (Å²) < 4.78 is 10.5. The number of nitrogens with zero attached hydrogens (tertiary/aromatic N) is 1. The van der Waals surface area contributed by atoms with Crippen molar-refractivity contribution in [3.63, 3.8) is 0 Å². The highest BCUT2D eigenvalue weighted by molar-refractivity contribution is 5.81. The predicted molar refractivity (Wildman–Crippen MR) is 109 cm³/mol.